The average Bonchev–Trinajstić information content (AvgIpc) is 2.40. The lowest BCUT2D eigenvalue weighted by Crippen LogP contribution is -2.25. The quantitative estimate of drug-likeness (QED) is 0.897. The molecular weight excluding hydrogens is 243 g/mol. The molecule has 0 aliphatic heterocycles. The third-order valence-electron chi connectivity index (χ3n) is 2.93. The topological polar surface area (TPSA) is 48.1 Å². The number of ether oxygens (including phenoxy) is 1. The van der Waals surface area contributed by atoms with Crippen molar-refractivity contribution in [1.82, 2.24) is 4.98 Å². The SMILES string of the molecule is COc1ccc(CC(N)Cc2cccnc2)cc1F. The van der Waals surface area contributed by atoms with Crippen LogP contribution in [0.4, 0.5) is 4.39 Å². The largest absolute Gasteiger partial charge is 0.494 e. The highest BCUT2D eigenvalue weighted by Gasteiger charge is 2.08. The number of nitrogens with two attached hydrogens (primary N) is 1. The van der Waals surface area contributed by atoms with Crippen LogP contribution in [0.5, 0.6) is 5.75 Å². The van der Waals surface area contributed by atoms with E-state index in [4.69, 9.17) is 10.5 Å². The summed E-state index contributed by atoms with van der Waals surface area (Å²) in [5.74, 6) is -0.0989. The van der Waals surface area contributed by atoms with E-state index in [1.165, 1.54) is 13.2 Å². The van der Waals surface area contributed by atoms with Crippen molar-refractivity contribution in [3.8, 4) is 5.75 Å². The van der Waals surface area contributed by atoms with Gasteiger partial charge in [0.2, 0.25) is 0 Å². The lowest BCUT2D eigenvalue weighted by molar-refractivity contribution is 0.386. The highest BCUT2D eigenvalue weighted by Crippen LogP contribution is 2.18. The van der Waals surface area contributed by atoms with Crippen LogP contribution in [0, 0.1) is 5.82 Å². The number of rotatable bonds is 5. The molecule has 100 valence electrons. The summed E-state index contributed by atoms with van der Waals surface area (Å²) in [7, 11) is 1.45. The van der Waals surface area contributed by atoms with E-state index >= 15 is 0 Å². The molecule has 2 N–H and O–H groups in total. The van der Waals surface area contributed by atoms with Gasteiger partial charge in [-0.2, -0.15) is 0 Å². The van der Waals surface area contributed by atoms with Crippen LogP contribution in [0.25, 0.3) is 0 Å². The highest BCUT2D eigenvalue weighted by molar-refractivity contribution is 5.30. The molecule has 0 radical (unpaired) electrons. The van der Waals surface area contributed by atoms with Crippen LogP contribution in [-0.2, 0) is 12.8 Å². The second-order valence-electron chi connectivity index (χ2n) is 4.50. The lowest BCUT2D eigenvalue weighted by Gasteiger charge is -2.12. The highest BCUT2D eigenvalue weighted by atomic mass is 19.1. The molecular formula is C15H17FN2O. The number of nitrogens with zero attached hydrogens (tertiary/aromatic N) is 1. The maximum atomic E-state index is 13.6. The van der Waals surface area contributed by atoms with Crippen LogP contribution in [0.15, 0.2) is 42.7 Å². The molecule has 0 aliphatic carbocycles. The number of aromatic nitrogens is 1. The number of benzene rings is 1. The summed E-state index contributed by atoms with van der Waals surface area (Å²) in [6.07, 6.45) is 4.87. The first-order chi connectivity index (χ1) is 9.19. The van der Waals surface area contributed by atoms with Crippen molar-refractivity contribution >= 4 is 0 Å². The minimum Gasteiger partial charge on any atom is -0.494 e. The van der Waals surface area contributed by atoms with E-state index in [0.29, 0.717) is 6.42 Å². The predicted molar refractivity (Wildman–Crippen MR) is 72.6 cm³/mol. The maximum Gasteiger partial charge on any atom is 0.165 e. The molecule has 1 unspecified atom stereocenters. The number of hydrogen-bond donors (Lipinski definition) is 1. The molecule has 0 saturated heterocycles. The summed E-state index contributed by atoms with van der Waals surface area (Å²) in [5, 5.41) is 0. The summed E-state index contributed by atoms with van der Waals surface area (Å²) in [6.45, 7) is 0. The van der Waals surface area contributed by atoms with Gasteiger partial charge in [-0.15, -0.1) is 0 Å². The van der Waals surface area contributed by atoms with Crippen LogP contribution in [0.3, 0.4) is 0 Å². The van der Waals surface area contributed by atoms with Crippen molar-refractivity contribution in [2.24, 2.45) is 5.73 Å². The summed E-state index contributed by atoms with van der Waals surface area (Å²) in [5.41, 5.74) is 8.03. The molecule has 0 fully saturated rings. The second-order valence-corrected chi connectivity index (χ2v) is 4.50. The van der Waals surface area contributed by atoms with Crippen molar-refractivity contribution in [3.63, 3.8) is 0 Å². The molecule has 4 heteroatoms. The molecule has 0 bridgehead atoms. The molecule has 1 aromatic carbocycles. The smallest absolute Gasteiger partial charge is 0.165 e. The number of pyridine rings is 1. The fraction of sp³-hybridized carbons (Fsp3) is 0.267. The summed E-state index contributed by atoms with van der Waals surface area (Å²) < 4.78 is 18.4. The van der Waals surface area contributed by atoms with E-state index in [9.17, 15) is 4.39 Å². The molecule has 1 atom stereocenters. The summed E-state index contributed by atoms with van der Waals surface area (Å²) >= 11 is 0. The van der Waals surface area contributed by atoms with E-state index in [0.717, 1.165) is 17.5 Å². The van der Waals surface area contributed by atoms with Gasteiger partial charge in [0.05, 0.1) is 7.11 Å². The molecule has 0 saturated carbocycles. The zero-order chi connectivity index (χ0) is 13.7. The normalized spacial score (nSPS) is 12.2. The fourth-order valence-corrected chi connectivity index (χ4v) is 2.03. The predicted octanol–water partition coefficient (Wildman–Crippen LogP) is 2.34. The zero-order valence-corrected chi connectivity index (χ0v) is 10.8. The van der Waals surface area contributed by atoms with Gasteiger partial charge in [-0.3, -0.25) is 4.98 Å². The van der Waals surface area contributed by atoms with E-state index in [1.807, 2.05) is 18.2 Å². The Balaban J connectivity index is 1.99. The van der Waals surface area contributed by atoms with Crippen LogP contribution in [0.1, 0.15) is 11.1 Å². The zero-order valence-electron chi connectivity index (χ0n) is 10.8. The molecule has 1 aromatic heterocycles. The summed E-state index contributed by atoms with van der Waals surface area (Å²) in [4.78, 5) is 4.05. The first kappa shape index (κ1) is 13.5. The first-order valence-electron chi connectivity index (χ1n) is 6.16. The van der Waals surface area contributed by atoms with Crippen molar-refractivity contribution in [2.75, 3.05) is 7.11 Å². The standard InChI is InChI=1S/C15H17FN2O/c1-19-15-5-4-11(9-14(15)16)7-13(17)8-12-3-2-6-18-10-12/h2-6,9-10,13H,7-8,17H2,1H3. The Hall–Kier alpha value is -1.94. The van der Waals surface area contributed by atoms with Gasteiger partial charge in [0.1, 0.15) is 0 Å². The van der Waals surface area contributed by atoms with Crippen LogP contribution < -0.4 is 10.5 Å². The monoisotopic (exact) mass is 260 g/mol. The second kappa shape index (κ2) is 6.29. The number of hydrogen-bond acceptors (Lipinski definition) is 3. The van der Waals surface area contributed by atoms with E-state index in [-0.39, 0.29) is 17.6 Å². The van der Waals surface area contributed by atoms with Gasteiger partial charge in [-0.05, 0) is 42.2 Å². The van der Waals surface area contributed by atoms with E-state index in [2.05, 4.69) is 4.98 Å². The van der Waals surface area contributed by atoms with Gasteiger partial charge in [-0.25, -0.2) is 4.39 Å². The Kier molecular flexibility index (Phi) is 4.47. The van der Waals surface area contributed by atoms with E-state index < -0.39 is 0 Å². The fourth-order valence-electron chi connectivity index (χ4n) is 2.03. The third-order valence-corrected chi connectivity index (χ3v) is 2.93. The van der Waals surface area contributed by atoms with Gasteiger partial charge >= 0.3 is 0 Å². The van der Waals surface area contributed by atoms with Crippen molar-refractivity contribution in [2.45, 2.75) is 18.9 Å². The van der Waals surface area contributed by atoms with Crippen molar-refractivity contribution in [1.29, 1.82) is 0 Å². The molecule has 2 rings (SSSR count). The molecule has 1 heterocycles. The number of methoxy groups -OCH3 is 1. The van der Waals surface area contributed by atoms with Crippen molar-refractivity contribution < 1.29 is 9.13 Å². The van der Waals surface area contributed by atoms with Crippen LogP contribution in [-0.4, -0.2) is 18.1 Å². The van der Waals surface area contributed by atoms with Gasteiger partial charge in [0, 0.05) is 18.4 Å². The van der Waals surface area contributed by atoms with Gasteiger partial charge in [0.15, 0.2) is 11.6 Å². The molecule has 2 aromatic rings. The minimum atomic E-state index is -0.353. The van der Waals surface area contributed by atoms with E-state index in [1.54, 1.807) is 18.5 Å². The maximum absolute atomic E-state index is 13.6. The van der Waals surface area contributed by atoms with Crippen LogP contribution in [0.2, 0.25) is 0 Å². The average molecular weight is 260 g/mol. The van der Waals surface area contributed by atoms with Crippen molar-refractivity contribution in [3.05, 3.63) is 59.7 Å². The Labute approximate surface area is 112 Å². The molecule has 0 amide bonds. The molecule has 3 nitrogen and oxygen atoms in total. The Morgan fingerprint density at radius 1 is 1.26 bits per heavy atom. The van der Waals surface area contributed by atoms with Crippen LogP contribution >= 0.6 is 0 Å². The lowest BCUT2D eigenvalue weighted by atomic mass is 10.0. The Morgan fingerprint density at radius 3 is 2.68 bits per heavy atom. The van der Waals surface area contributed by atoms with Gasteiger partial charge in [0.25, 0.3) is 0 Å². The molecule has 19 heavy (non-hydrogen) atoms. The number of halogens is 1. The molecule has 0 spiro atoms. The summed E-state index contributed by atoms with van der Waals surface area (Å²) in [6, 6.07) is 8.75. The van der Waals surface area contributed by atoms with Gasteiger partial charge < -0.3 is 10.5 Å². The Morgan fingerprint density at radius 2 is 2.05 bits per heavy atom. The third kappa shape index (κ3) is 3.76. The molecule has 0 aliphatic rings. The first-order valence-corrected chi connectivity index (χ1v) is 6.16. The van der Waals surface area contributed by atoms with Gasteiger partial charge in [-0.1, -0.05) is 12.1 Å². The Bertz CT molecular complexity index is 531. The minimum absolute atomic E-state index is 0.0583.